The number of anilines is 1. The van der Waals surface area contributed by atoms with Crippen molar-refractivity contribution in [3.05, 3.63) is 52.9 Å². The molecule has 1 aromatic heterocycles. The molecule has 88 valence electrons. The average Bonchev–Trinajstić information content (AvgIpc) is 2.32. The Morgan fingerprint density at radius 2 is 2.06 bits per heavy atom. The molecule has 0 unspecified atom stereocenters. The molecule has 4 heteroatoms. The normalized spacial score (nSPS) is 10.2. The predicted octanol–water partition coefficient (Wildman–Crippen LogP) is 3.09. The number of halogens is 1. The van der Waals surface area contributed by atoms with Gasteiger partial charge in [0, 0.05) is 17.8 Å². The minimum atomic E-state index is 0.794. The summed E-state index contributed by atoms with van der Waals surface area (Å²) < 4.78 is 0. The first-order chi connectivity index (χ1) is 8.25. The van der Waals surface area contributed by atoms with Gasteiger partial charge in [0.05, 0.1) is 11.9 Å². The van der Waals surface area contributed by atoms with Gasteiger partial charge in [0.1, 0.15) is 5.82 Å². The van der Waals surface area contributed by atoms with E-state index in [1.54, 1.807) is 12.4 Å². The van der Waals surface area contributed by atoms with Gasteiger partial charge in [-0.15, -0.1) is 0 Å². The zero-order valence-electron chi connectivity index (χ0n) is 9.65. The van der Waals surface area contributed by atoms with Crippen LogP contribution in [0.25, 0.3) is 0 Å². The van der Waals surface area contributed by atoms with Crippen molar-refractivity contribution in [2.75, 3.05) is 11.9 Å². The standard InChI is InChI=1S/C13H14ClN3/c1-10-8-15-9-13(17-10)16-7-6-11-4-2-3-5-12(11)14/h2-5,8-9H,6-7H2,1H3,(H,16,17). The number of aromatic nitrogens is 2. The van der Waals surface area contributed by atoms with Gasteiger partial charge in [0.25, 0.3) is 0 Å². The number of nitrogens with one attached hydrogen (secondary N) is 1. The van der Waals surface area contributed by atoms with Crippen molar-refractivity contribution >= 4 is 17.4 Å². The van der Waals surface area contributed by atoms with Gasteiger partial charge >= 0.3 is 0 Å². The van der Waals surface area contributed by atoms with E-state index >= 15 is 0 Å². The first-order valence-electron chi connectivity index (χ1n) is 5.51. The maximum Gasteiger partial charge on any atom is 0.144 e. The lowest BCUT2D eigenvalue weighted by molar-refractivity contribution is 0.991. The lowest BCUT2D eigenvalue weighted by atomic mass is 10.1. The minimum Gasteiger partial charge on any atom is -0.368 e. The molecule has 0 aliphatic heterocycles. The van der Waals surface area contributed by atoms with Crippen LogP contribution in [0.15, 0.2) is 36.7 Å². The van der Waals surface area contributed by atoms with Gasteiger partial charge in [0.2, 0.25) is 0 Å². The summed E-state index contributed by atoms with van der Waals surface area (Å²) in [6.45, 7) is 2.72. The van der Waals surface area contributed by atoms with Crippen molar-refractivity contribution in [1.29, 1.82) is 0 Å². The van der Waals surface area contributed by atoms with E-state index in [-0.39, 0.29) is 0 Å². The van der Waals surface area contributed by atoms with Crippen molar-refractivity contribution in [2.45, 2.75) is 13.3 Å². The summed E-state index contributed by atoms with van der Waals surface area (Å²) >= 11 is 6.08. The summed E-state index contributed by atoms with van der Waals surface area (Å²) in [4.78, 5) is 8.40. The Labute approximate surface area is 106 Å². The Hall–Kier alpha value is -1.61. The summed E-state index contributed by atoms with van der Waals surface area (Å²) in [5, 5.41) is 4.04. The third-order valence-electron chi connectivity index (χ3n) is 2.41. The summed E-state index contributed by atoms with van der Waals surface area (Å²) in [7, 11) is 0. The molecule has 3 nitrogen and oxygen atoms in total. The molecule has 0 saturated heterocycles. The smallest absolute Gasteiger partial charge is 0.144 e. The third kappa shape index (κ3) is 3.43. The van der Waals surface area contributed by atoms with Crippen LogP contribution in [-0.2, 0) is 6.42 Å². The fourth-order valence-electron chi connectivity index (χ4n) is 1.58. The molecule has 2 aromatic rings. The number of rotatable bonds is 4. The second-order valence-corrected chi connectivity index (χ2v) is 4.22. The highest BCUT2D eigenvalue weighted by atomic mass is 35.5. The van der Waals surface area contributed by atoms with Gasteiger partial charge in [-0.1, -0.05) is 29.8 Å². The molecule has 0 atom stereocenters. The lowest BCUT2D eigenvalue weighted by Gasteiger charge is -2.06. The Bertz CT molecular complexity index is 500. The van der Waals surface area contributed by atoms with Gasteiger partial charge < -0.3 is 5.32 Å². The van der Waals surface area contributed by atoms with Crippen LogP contribution in [0, 0.1) is 6.92 Å². The molecule has 1 N–H and O–H groups in total. The van der Waals surface area contributed by atoms with Crippen molar-refractivity contribution in [3.63, 3.8) is 0 Å². The van der Waals surface area contributed by atoms with Gasteiger partial charge in [-0.05, 0) is 25.0 Å². The average molecular weight is 248 g/mol. The third-order valence-corrected chi connectivity index (χ3v) is 2.78. The molecule has 0 bridgehead atoms. The predicted molar refractivity (Wildman–Crippen MR) is 70.4 cm³/mol. The summed E-state index contributed by atoms with van der Waals surface area (Å²) in [5.74, 6) is 0.803. The van der Waals surface area contributed by atoms with Crippen molar-refractivity contribution < 1.29 is 0 Å². The topological polar surface area (TPSA) is 37.8 Å². The molecule has 0 amide bonds. The van der Waals surface area contributed by atoms with Gasteiger partial charge in [-0.3, -0.25) is 4.98 Å². The first kappa shape index (κ1) is 11.9. The first-order valence-corrected chi connectivity index (χ1v) is 5.89. The van der Waals surface area contributed by atoms with Gasteiger partial charge in [0.15, 0.2) is 0 Å². The van der Waals surface area contributed by atoms with Crippen molar-refractivity contribution in [2.24, 2.45) is 0 Å². The number of hydrogen-bond acceptors (Lipinski definition) is 3. The van der Waals surface area contributed by atoms with E-state index < -0.39 is 0 Å². The Morgan fingerprint density at radius 1 is 1.24 bits per heavy atom. The Kier molecular flexibility index (Phi) is 3.94. The zero-order chi connectivity index (χ0) is 12.1. The number of benzene rings is 1. The number of nitrogens with zero attached hydrogens (tertiary/aromatic N) is 2. The summed E-state index contributed by atoms with van der Waals surface area (Å²) in [6, 6.07) is 7.87. The molecule has 0 saturated carbocycles. The second-order valence-electron chi connectivity index (χ2n) is 3.81. The van der Waals surface area contributed by atoms with E-state index in [9.17, 15) is 0 Å². The van der Waals surface area contributed by atoms with Crippen LogP contribution in [0.3, 0.4) is 0 Å². The van der Waals surface area contributed by atoms with E-state index in [1.807, 2.05) is 31.2 Å². The molecule has 0 spiro atoms. The van der Waals surface area contributed by atoms with Crippen LogP contribution in [0.1, 0.15) is 11.3 Å². The maximum absolute atomic E-state index is 6.08. The molecule has 1 aromatic carbocycles. The number of aryl methyl sites for hydroxylation is 1. The molecule has 0 aliphatic rings. The fraction of sp³-hybridized carbons (Fsp3) is 0.231. The lowest BCUT2D eigenvalue weighted by Crippen LogP contribution is -2.07. The highest BCUT2D eigenvalue weighted by molar-refractivity contribution is 6.31. The van der Waals surface area contributed by atoms with Crippen molar-refractivity contribution in [3.8, 4) is 0 Å². The molecule has 0 fully saturated rings. The molecule has 0 radical (unpaired) electrons. The molecular weight excluding hydrogens is 234 g/mol. The van der Waals surface area contributed by atoms with Gasteiger partial charge in [-0.2, -0.15) is 0 Å². The summed E-state index contributed by atoms with van der Waals surface area (Å²) in [5.41, 5.74) is 2.05. The van der Waals surface area contributed by atoms with Crippen LogP contribution in [-0.4, -0.2) is 16.5 Å². The van der Waals surface area contributed by atoms with Crippen LogP contribution < -0.4 is 5.32 Å². The van der Waals surface area contributed by atoms with Crippen LogP contribution in [0.4, 0.5) is 5.82 Å². The highest BCUT2D eigenvalue weighted by Crippen LogP contribution is 2.15. The molecule has 2 rings (SSSR count). The second kappa shape index (κ2) is 5.64. The largest absolute Gasteiger partial charge is 0.368 e. The summed E-state index contributed by atoms with van der Waals surface area (Å²) in [6.07, 6.45) is 4.33. The molecule has 1 heterocycles. The van der Waals surface area contributed by atoms with E-state index in [2.05, 4.69) is 15.3 Å². The van der Waals surface area contributed by atoms with E-state index in [0.717, 1.165) is 35.1 Å². The Morgan fingerprint density at radius 3 is 2.82 bits per heavy atom. The number of hydrogen-bond donors (Lipinski definition) is 1. The fourth-order valence-corrected chi connectivity index (χ4v) is 1.81. The van der Waals surface area contributed by atoms with Gasteiger partial charge in [-0.25, -0.2) is 4.98 Å². The van der Waals surface area contributed by atoms with E-state index in [0.29, 0.717) is 0 Å². The maximum atomic E-state index is 6.08. The van der Waals surface area contributed by atoms with Crippen LogP contribution in [0.5, 0.6) is 0 Å². The van der Waals surface area contributed by atoms with Crippen molar-refractivity contribution in [1.82, 2.24) is 9.97 Å². The quantitative estimate of drug-likeness (QED) is 0.902. The zero-order valence-corrected chi connectivity index (χ0v) is 10.4. The van der Waals surface area contributed by atoms with Crippen LogP contribution >= 0.6 is 11.6 Å². The molecular formula is C13H14ClN3. The van der Waals surface area contributed by atoms with E-state index in [1.165, 1.54) is 0 Å². The highest BCUT2D eigenvalue weighted by Gasteiger charge is 1.99. The minimum absolute atomic E-state index is 0.794. The Balaban J connectivity index is 1.90. The van der Waals surface area contributed by atoms with Crippen LogP contribution in [0.2, 0.25) is 5.02 Å². The monoisotopic (exact) mass is 247 g/mol. The molecule has 17 heavy (non-hydrogen) atoms. The molecule has 0 aliphatic carbocycles. The SMILES string of the molecule is Cc1cncc(NCCc2ccccc2Cl)n1. The van der Waals surface area contributed by atoms with E-state index in [4.69, 9.17) is 11.6 Å².